The van der Waals surface area contributed by atoms with E-state index in [1.165, 1.54) is 17.7 Å². The number of halogens is 2. The van der Waals surface area contributed by atoms with E-state index in [-0.39, 0.29) is 35.5 Å². The van der Waals surface area contributed by atoms with Gasteiger partial charge < -0.3 is 34.8 Å². The van der Waals surface area contributed by atoms with Crippen LogP contribution in [0.4, 0.5) is 8.78 Å². The summed E-state index contributed by atoms with van der Waals surface area (Å²) in [6.45, 7) is 1.94. The number of carbonyl (C=O) groups excluding carboxylic acids is 3. The monoisotopic (exact) mass is 629 g/mol. The fraction of sp³-hybridized carbons (Fsp3) is 0.433. The number of alkyl halides is 2. The molecule has 0 radical (unpaired) electrons. The van der Waals surface area contributed by atoms with Crippen LogP contribution in [0.3, 0.4) is 0 Å². The van der Waals surface area contributed by atoms with Crippen molar-refractivity contribution in [1.82, 2.24) is 25.0 Å². The quantitative estimate of drug-likeness (QED) is 0.318. The Kier molecular flexibility index (Phi) is 7.86. The van der Waals surface area contributed by atoms with Crippen LogP contribution in [0.5, 0.6) is 0 Å². The fourth-order valence-corrected chi connectivity index (χ4v) is 7.10. The molecule has 14 heteroatoms. The third-order valence-electron chi connectivity index (χ3n) is 9.00. The molecule has 11 nitrogen and oxygen atoms in total. The van der Waals surface area contributed by atoms with Crippen molar-refractivity contribution < 1.29 is 37.5 Å². The predicted octanol–water partition coefficient (Wildman–Crippen LogP) is 2.77. The molecule has 3 amide bonds. The van der Waals surface area contributed by atoms with Crippen molar-refractivity contribution in [2.75, 3.05) is 26.7 Å². The zero-order valence-electron chi connectivity index (χ0n) is 24.1. The number of nitrogens with one attached hydrogen (secondary N) is 2. The van der Waals surface area contributed by atoms with E-state index >= 15 is 0 Å². The molecule has 4 heterocycles. The first-order valence-corrected chi connectivity index (χ1v) is 16.2. The maximum absolute atomic E-state index is 14.3. The molecule has 0 saturated carbocycles. The summed E-state index contributed by atoms with van der Waals surface area (Å²) in [6.07, 6.45) is 2.68. The molecule has 4 N–H and O–H groups in total. The number of fused-ring (bicyclic) bond motifs is 3. The summed E-state index contributed by atoms with van der Waals surface area (Å²) in [6, 6.07) is 10.6. The number of carbonyl (C=O) groups is 3. The molecule has 0 bridgehead atoms. The van der Waals surface area contributed by atoms with E-state index in [1.807, 2.05) is 35.0 Å². The van der Waals surface area contributed by atoms with Crippen molar-refractivity contribution in [3.8, 4) is 0 Å². The summed E-state index contributed by atoms with van der Waals surface area (Å²) in [4.78, 5) is 67.7. The van der Waals surface area contributed by atoms with Crippen LogP contribution in [0.15, 0.2) is 48.5 Å². The number of rotatable bonds is 5. The second kappa shape index (κ2) is 11.4. The minimum Gasteiger partial charge on any atom is -0.351 e. The fourth-order valence-electron chi connectivity index (χ4n) is 6.62. The Balaban J connectivity index is 1.21. The van der Waals surface area contributed by atoms with Gasteiger partial charge in [-0.05, 0) is 68.6 Å². The minimum absolute atomic E-state index is 0.00765. The van der Waals surface area contributed by atoms with Crippen molar-refractivity contribution >= 4 is 36.2 Å². The number of H-pyrrole nitrogens is 1. The highest BCUT2D eigenvalue weighted by Gasteiger charge is 2.50. The summed E-state index contributed by atoms with van der Waals surface area (Å²) in [5, 5.41) is 2.93. The van der Waals surface area contributed by atoms with Gasteiger partial charge in [-0.25, -0.2) is 0 Å². The zero-order valence-corrected chi connectivity index (χ0v) is 25.0. The Hall–Kier alpha value is -3.64. The molecule has 2 fully saturated rings. The van der Waals surface area contributed by atoms with Crippen molar-refractivity contribution in [3.63, 3.8) is 0 Å². The summed E-state index contributed by atoms with van der Waals surface area (Å²) in [5.74, 6) is -1.08. The molecule has 0 unspecified atom stereocenters. The molecule has 6 rings (SSSR count). The van der Waals surface area contributed by atoms with Crippen LogP contribution in [0.25, 0.3) is 10.9 Å². The second-order valence-electron chi connectivity index (χ2n) is 11.9. The number of amides is 3. The van der Waals surface area contributed by atoms with Gasteiger partial charge in [0.2, 0.25) is 11.8 Å². The van der Waals surface area contributed by atoms with Gasteiger partial charge in [0.15, 0.2) is 0 Å². The van der Waals surface area contributed by atoms with Crippen LogP contribution in [0, 0.1) is 0 Å². The van der Waals surface area contributed by atoms with E-state index in [4.69, 9.17) is 9.79 Å². The van der Waals surface area contributed by atoms with Crippen molar-refractivity contribution in [3.05, 3.63) is 70.9 Å². The number of nitrogens with zero attached hydrogens (tertiary/aromatic N) is 3. The Morgan fingerprint density at radius 3 is 2.55 bits per heavy atom. The first kappa shape index (κ1) is 30.4. The lowest BCUT2D eigenvalue weighted by atomic mass is 9.99. The van der Waals surface area contributed by atoms with Crippen LogP contribution in [0.1, 0.15) is 46.4 Å². The van der Waals surface area contributed by atoms with Crippen LogP contribution in [0.2, 0.25) is 0 Å². The smallest absolute Gasteiger partial charge is 0.351 e. The molecule has 44 heavy (non-hydrogen) atoms. The molecule has 0 spiro atoms. The van der Waals surface area contributed by atoms with Gasteiger partial charge in [-0.15, -0.1) is 0 Å². The first-order chi connectivity index (χ1) is 20.8. The minimum atomic E-state index is -5.77. The molecule has 3 aromatic rings. The standard InChI is InChI=1S/C30H34F2N5O6P/c1-35-12-11-22-7-9-26(29(40)36-13-10-18-4-2-3-5-19(18)16-36)37(22)28(39)25(17-35)34-27(38)24-15-20-14-21(6-8-23(20)33-24)30(31,32)44(41,42)43/h2-6,8,14-15,22,25-26,33H,7,9-13,16-17H2,1H3,(H,34,38)(H2,41,42,43)/t22-,25+,26+/m1/s1. The highest BCUT2D eigenvalue weighted by molar-refractivity contribution is 7.52. The van der Waals surface area contributed by atoms with Crippen molar-refractivity contribution in [2.24, 2.45) is 0 Å². The van der Waals surface area contributed by atoms with E-state index in [9.17, 15) is 27.7 Å². The number of aromatic amines is 1. The molecule has 234 valence electrons. The summed E-state index contributed by atoms with van der Waals surface area (Å²) >= 11 is 0. The number of likely N-dealkylation sites (N-methyl/N-ethyl adjacent to an activating group) is 1. The van der Waals surface area contributed by atoms with Gasteiger partial charge in [-0.3, -0.25) is 18.9 Å². The van der Waals surface area contributed by atoms with Crippen molar-refractivity contribution in [1.29, 1.82) is 0 Å². The topological polar surface area (TPSA) is 146 Å². The molecular formula is C30H34F2N5O6P. The molecule has 3 atom stereocenters. The summed E-state index contributed by atoms with van der Waals surface area (Å²) in [5.41, 5.74) is -2.66. The lowest BCUT2D eigenvalue weighted by Crippen LogP contribution is -2.60. The maximum atomic E-state index is 14.3. The first-order valence-electron chi connectivity index (χ1n) is 14.6. The summed E-state index contributed by atoms with van der Waals surface area (Å²) < 4.78 is 39.9. The molecule has 2 aromatic carbocycles. The Morgan fingerprint density at radius 1 is 1.05 bits per heavy atom. The van der Waals surface area contributed by atoms with Gasteiger partial charge >= 0.3 is 13.3 Å². The second-order valence-corrected chi connectivity index (χ2v) is 13.6. The lowest BCUT2D eigenvalue weighted by molar-refractivity contribution is -0.148. The number of hydrogen-bond donors (Lipinski definition) is 4. The molecule has 1 aromatic heterocycles. The molecule has 2 saturated heterocycles. The van der Waals surface area contributed by atoms with Gasteiger partial charge in [-0.2, -0.15) is 8.78 Å². The van der Waals surface area contributed by atoms with E-state index < -0.39 is 36.8 Å². The highest BCUT2D eigenvalue weighted by atomic mass is 31.2. The van der Waals surface area contributed by atoms with E-state index in [1.54, 1.807) is 4.90 Å². The highest BCUT2D eigenvalue weighted by Crippen LogP contribution is 2.59. The van der Waals surface area contributed by atoms with Crippen LogP contribution in [-0.4, -0.2) is 92.0 Å². The molecule has 3 aliphatic heterocycles. The third-order valence-corrected chi connectivity index (χ3v) is 9.99. The van der Waals surface area contributed by atoms with E-state index in [0.29, 0.717) is 44.4 Å². The molecule has 3 aliphatic rings. The normalized spacial score (nSPS) is 23.2. The van der Waals surface area contributed by atoms with E-state index in [2.05, 4.69) is 16.4 Å². The van der Waals surface area contributed by atoms with Gasteiger partial charge in [-0.1, -0.05) is 30.3 Å². The predicted molar refractivity (Wildman–Crippen MR) is 157 cm³/mol. The van der Waals surface area contributed by atoms with Gasteiger partial charge in [0, 0.05) is 42.1 Å². The van der Waals surface area contributed by atoms with Gasteiger partial charge in [0.05, 0.1) is 0 Å². The number of hydrogen-bond acceptors (Lipinski definition) is 5. The lowest BCUT2D eigenvalue weighted by Gasteiger charge is -2.39. The molecule has 0 aliphatic carbocycles. The van der Waals surface area contributed by atoms with Crippen LogP contribution < -0.4 is 5.32 Å². The Morgan fingerprint density at radius 2 is 1.80 bits per heavy atom. The average molecular weight is 630 g/mol. The Bertz CT molecular complexity index is 1670. The van der Waals surface area contributed by atoms with Crippen LogP contribution in [-0.2, 0) is 32.8 Å². The zero-order chi connectivity index (χ0) is 31.4. The van der Waals surface area contributed by atoms with E-state index in [0.717, 1.165) is 24.1 Å². The molecular weight excluding hydrogens is 595 g/mol. The van der Waals surface area contributed by atoms with Gasteiger partial charge in [0.1, 0.15) is 17.8 Å². The summed E-state index contributed by atoms with van der Waals surface area (Å²) in [7, 11) is -3.91. The van der Waals surface area contributed by atoms with Crippen molar-refractivity contribution in [2.45, 2.75) is 56.0 Å². The van der Waals surface area contributed by atoms with Crippen LogP contribution >= 0.6 is 7.60 Å². The maximum Gasteiger partial charge on any atom is 0.399 e. The average Bonchev–Trinajstić information content (AvgIpc) is 3.61. The largest absolute Gasteiger partial charge is 0.399 e. The number of benzene rings is 2. The third kappa shape index (κ3) is 5.53. The van der Waals surface area contributed by atoms with Gasteiger partial charge in [0.25, 0.3) is 5.91 Å². The SMILES string of the molecule is CN1CC[C@H]2CC[C@@H](C(=O)N3CCc4ccccc4C3)N2C(=O)[C@@H](NC(=O)c2cc3cc(C(F)(F)P(=O)(O)O)ccc3[nH]2)C1. The Labute approximate surface area is 252 Å². The number of aromatic nitrogens is 1.